The Kier molecular flexibility index (Phi) is 5.74. The van der Waals surface area contributed by atoms with E-state index in [0.717, 1.165) is 25.8 Å². The van der Waals surface area contributed by atoms with Gasteiger partial charge in [0.25, 0.3) is 0 Å². The monoisotopic (exact) mass is 168 g/mol. The minimum absolute atomic E-state index is 0.257. The Labute approximate surface area is 76.0 Å². The third-order valence-electron chi connectivity index (χ3n) is 2.20. The number of unbranched alkanes of at least 4 members (excludes halogenated alkanes) is 2. The molecule has 0 aromatic carbocycles. The van der Waals surface area contributed by atoms with Crippen molar-refractivity contribution in [2.75, 3.05) is 6.54 Å². The van der Waals surface area contributed by atoms with Crippen molar-refractivity contribution >= 4 is 0 Å². The van der Waals surface area contributed by atoms with Crippen LogP contribution in [0.1, 0.15) is 46.5 Å². The zero-order chi connectivity index (χ0) is 9.45. The zero-order valence-corrected chi connectivity index (χ0v) is 8.48. The second-order valence-electron chi connectivity index (χ2n) is 3.78. The molecular weight excluding hydrogens is 148 g/mol. The molecule has 1 N–H and O–H groups in total. The molecule has 0 aliphatic carbocycles. The zero-order valence-electron chi connectivity index (χ0n) is 8.48. The van der Waals surface area contributed by atoms with Crippen LogP contribution in [-0.4, -0.2) is 12.1 Å². The molecule has 2 nitrogen and oxygen atoms in total. The highest BCUT2D eigenvalue weighted by Gasteiger charge is 2.11. The number of rotatable bonds is 6. The molecule has 0 aromatic heterocycles. The maximum atomic E-state index is 8.30. The molecule has 70 valence electrons. The van der Waals surface area contributed by atoms with Crippen molar-refractivity contribution in [1.29, 1.82) is 5.26 Å². The van der Waals surface area contributed by atoms with E-state index >= 15 is 0 Å². The molecule has 0 aromatic rings. The molecule has 0 rings (SSSR count). The lowest BCUT2D eigenvalue weighted by atomic mass is 10.0. The second kappa shape index (κ2) is 6.02. The van der Waals surface area contributed by atoms with Gasteiger partial charge in [0.2, 0.25) is 0 Å². The molecule has 0 radical (unpaired) electrons. The largest absolute Gasteiger partial charge is 0.312 e. The summed E-state index contributed by atoms with van der Waals surface area (Å²) in [6.45, 7) is 7.62. The van der Waals surface area contributed by atoms with E-state index < -0.39 is 0 Å². The van der Waals surface area contributed by atoms with Gasteiger partial charge in [-0.1, -0.05) is 6.92 Å². The lowest BCUT2D eigenvalue weighted by Gasteiger charge is -2.24. The summed E-state index contributed by atoms with van der Waals surface area (Å²) in [4.78, 5) is 0. The molecule has 0 fully saturated rings. The smallest absolute Gasteiger partial charge is 0.0621 e. The summed E-state index contributed by atoms with van der Waals surface area (Å²) in [5.74, 6) is 0. The molecule has 0 unspecified atom stereocenters. The highest BCUT2D eigenvalue weighted by atomic mass is 14.9. The van der Waals surface area contributed by atoms with E-state index in [1.165, 1.54) is 0 Å². The maximum absolute atomic E-state index is 8.30. The number of hydrogen-bond donors (Lipinski definition) is 1. The lowest BCUT2D eigenvalue weighted by molar-refractivity contribution is 0.372. The summed E-state index contributed by atoms with van der Waals surface area (Å²) in [6.07, 6.45) is 3.96. The molecule has 12 heavy (non-hydrogen) atoms. The van der Waals surface area contributed by atoms with E-state index in [0.29, 0.717) is 6.42 Å². The third-order valence-corrected chi connectivity index (χ3v) is 2.20. The first-order valence-electron chi connectivity index (χ1n) is 4.74. The van der Waals surface area contributed by atoms with Crippen molar-refractivity contribution in [3.8, 4) is 6.07 Å². The topological polar surface area (TPSA) is 35.8 Å². The van der Waals surface area contributed by atoms with Crippen LogP contribution in [0, 0.1) is 11.3 Å². The third kappa shape index (κ3) is 6.18. The van der Waals surface area contributed by atoms with E-state index in [2.05, 4.69) is 32.2 Å². The molecule has 0 aliphatic rings. The lowest BCUT2D eigenvalue weighted by Crippen LogP contribution is -2.38. The molecular formula is C10H20N2. The van der Waals surface area contributed by atoms with Crippen LogP contribution in [0.5, 0.6) is 0 Å². The van der Waals surface area contributed by atoms with Crippen LogP contribution >= 0.6 is 0 Å². The Morgan fingerprint density at radius 1 is 1.33 bits per heavy atom. The van der Waals surface area contributed by atoms with Crippen molar-refractivity contribution in [2.24, 2.45) is 0 Å². The van der Waals surface area contributed by atoms with Gasteiger partial charge < -0.3 is 5.32 Å². The molecule has 0 saturated carbocycles. The minimum Gasteiger partial charge on any atom is -0.312 e. The van der Waals surface area contributed by atoms with Gasteiger partial charge >= 0.3 is 0 Å². The standard InChI is InChI=1S/C10H20N2/c1-4-10(2,3)12-9-7-5-6-8-11/h12H,4-7,9H2,1-3H3. The van der Waals surface area contributed by atoms with Gasteiger partial charge in [0, 0.05) is 12.0 Å². The fourth-order valence-corrected chi connectivity index (χ4v) is 0.881. The summed E-state index contributed by atoms with van der Waals surface area (Å²) < 4.78 is 0. The van der Waals surface area contributed by atoms with Crippen LogP contribution in [0.2, 0.25) is 0 Å². The SMILES string of the molecule is CCC(C)(C)NCCCCC#N. The summed E-state index contributed by atoms with van der Waals surface area (Å²) in [5.41, 5.74) is 0.257. The molecule has 0 atom stereocenters. The fourth-order valence-electron chi connectivity index (χ4n) is 0.881. The van der Waals surface area contributed by atoms with E-state index in [1.807, 2.05) is 0 Å². The van der Waals surface area contributed by atoms with Crippen molar-refractivity contribution in [3.63, 3.8) is 0 Å². The summed E-state index contributed by atoms with van der Waals surface area (Å²) >= 11 is 0. The summed E-state index contributed by atoms with van der Waals surface area (Å²) in [6, 6.07) is 2.15. The maximum Gasteiger partial charge on any atom is 0.0621 e. The van der Waals surface area contributed by atoms with Gasteiger partial charge in [0.1, 0.15) is 0 Å². The molecule has 0 heterocycles. The number of nitrogens with one attached hydrogen (secondary N) is 1. The van der Waals surface area contributed by atoms with Crippen LogP contribution in [0.3, 0.4) is 0 Å². The van der Waals surface area contributed by atoms with Gasteiger partial charge in [0.05, 0.1) is 6.07 Å². The van der Waals surface area contributed by atoms with Gasteiger partial charge in [-0.15, -0.1) is 0 Å². The van der Waals surface area contributed by atoms with Crippen LogP contribution < -0.4 is 5.32 Å². The molecule has 0 bridgehead atoms. The van der Waals surface area contributed by atoms with E-state index in [-0.39, 0.29) is 5.54 Å². The van der Waals surface area contributed by atoms with E-state index in [1.54, 1.807) is 0 Å². The van der Waals surface area contributed by atoms with Gasteiger partial charge in [-0.2, -0.15) is 5.26 Å². The van der Waals surface area contributed by atoms with Gasteiger partial charge in [0.15, 0.2) is 0 Å². The van der Waals surface area contributed by atoms with Crippen molar-refractivity contribution < 1.29 is 0 Å². The fraction of sp³-hybridized carbons (Fsp3) is 0.900. The molecule has 0 spiro atoms. The van der Waals surface area contributed by atoms with Crippen molar-refractivity contribution in [1.82, 2.24) is 5.32 Å². The van der Waals surface area contributed by atoms with Crippen molar-refractivity contribution in [3.05, 3.63) is 0 Å². The predicted molar refractivity (Wildman–Crippen MR) is 51.8 cm³/mol. The average Bonchev–Trinajstić information content (AvgIpc) is 2.04. The van der Waals surface area contributed by atoms with Crippen LogP contribution in [0.15, 0.2) is 0 Å². The Morgan fingerprint density at radius 2 is 2.00 bits per heavy atom. The van der Waals surface area contributed by atoms with Crippen LogP contribution in [-0.2, 0) is 0 Å². The predicted octanol–water partition coefficient (Wildman–Crippen LogP) is 2.46. The quantitative estimate of drug-likeness (QED) is 0.618. The number of hydrogen-bond acceptors (Lipinski definition) is 2. The first-order chi connectivity index (χ1) is 5.62. The first-order valence-corrected chi connectivity index (χ1v) is 4.74. The summed E-state index contributed by atoms with van der Waals surface area (Å²) in [5, 5.41) is 11.8. The first kappa shape index (κ1) is 11.4. The number of nitrogens with zero attached hydrogens (tertiary/aromatic N) is 1. The number of nitriles is 1. The minimum atomic E-state index is 0.257. The molecule has 0 saturated heterocycles. The van der Waals surface area contributed by atoms with Crippen LogP contribution in [0.4, 0.5) is 0 Å². The molecule has 0 amide bonds. The van der Waals surface area contributed by atoms with E-state index in [9.17, 15) is 0 Å². The Morgan fingerprint density at radius 3 is 2.50 bits per heavy atom. The Balaban J connectivity index is 3.26. The Hall–Kier alpha value is -0.550. The normalized spacial score (nSPS) is 11.2. The van der Waals surface area contributed by atoms with E-state index in [4.69, 9.17) is 5.26 Å². The Bertz CT molecular complexity index is 144. The second-order valence-corrected chi connectivity index (χ2v) is 3.78. The van der Waals surface area contributed by atoms with Crippen molar-refractivity contribution in [2.45, 2.75) is 52.0 Å². The highest BCUT2D eigenvalue weighted by molar-refractivity contribution is 4.75. The van der Waals surface area contributed by atoms with Gasteiger partial charge in [-0.3, -0.25) is 0 Å². The average molecular weight is 168 g/mol. The molecule has 2 heteroatoms. The van der Waals surface area contributed by atoms with Crippen LogP contribution in [0.25, 0.3) is 0 Å². The highest BCUT2D eigenvalue weighted by Crippen LogP contribution is 2.06. The van der Waals surface area contributed by atoms with Gasteiger partial charge in [-0.05, 0) is 39.7 Å². The van der Waals surface area contributed by atoms with Gasteiger partial charge in [-0.25, -0.2) is 0 Å². The summed E-state index contributed by atoms with van der Waals surface area (Å²) in [7, 11) is 0. The molecule has 0 aliphatic heterocycles.